The van der Waals surface area contributed by atoms with Crippen molar-refractivity contribution in [3.63, 3.8) is 0 Å². The third-order valence-corrected chi connectivity index (χ3v) is 5.39. The van der Waals surface area contributed by atoms with Crippen molar-refractivity contribution in [2.24, 2.45) is 0 Å². The summed E-state index contributed by atoms with van der Waals surface area (Å²) >= 11 is 1.73. The van der Waals surface area contributed by atoms with E-state index in [0.29, 0.717) is 29.8 Å². The molecule has 132 valence electrons. The topological polar surface area (TPSA) is 76.4 Å². The van der Waals surface area contributed by atoms with Crippen LogP contribution in [0.15, 0.2) is 36.0 Å². The fourth-order valence-electron chi connectivity index (χ4n) is 3.01. The lowest BCUT2D eigenvalue weighted by atomic mass is 10.1. The van der Waals surface area contributed by atoms with Gasteiger partial charge in [0.1, 0.15) is 6.04 Å². The Bertz CT molecular complexity index is 757. The summed E-state index contributed by atoms with van der Waals surface area (Å²) in [5, 5.41) is 16.0. The van der Waals surface area contributed by atoms with Gasteiger partial charge in [-0.2, -0.15) is 4.73 Å². The summed E-state index contributed by atoms with van der Waals surface area (Å²) in [6, 6.07) is 4.43. The fourth-order valence-corrected chi connectivity index (χ4v) is 3.90. The number of thiophene rings is 1. The lowest BCUT2D eigenvalue weighted by molar-refractivity contribution is -0.605. The highest BCUT2D eigenvalue weighted by Crippen LogP contribution is 2.24. The largest absolute Gasteiger partial charge is 0.619 e. The number of hydrogen-bond acceptors (Lipinski definition) is 4. The Kier molecular flexibility index (Phi) is 5.33. The molecule has 3 heterocycles. The number of nitrogens with zero attached hydrogens (tertiary/aromatic N) is 2. The van der Waals surface area contributed by atoms with Crippen molar-refractivity contribution < 1.29 is 14.3 Å². The molecule has 3 rings (SSSR count). The van der Waals surface area contributed by atoms with Crippen LogP contribution in [0.1, 0.15) is 40.6 Å². The van der Waals surface area contributed by atoms with Gasteiger partial charge in [0.15, 0.2) is 12.4 Å². The van der Waals surface area contributed by atoms with Crippen LogP contribution in [0.2, 0.25) is 0 Å². The van der Waals surface area contributed by atoms with E-state index < -0.39 is 6.04 Å². The van der Waals surface area contributed by atoms with Gasteiger partial charge in [-0.25, -0.2) is 0 Å². The van der Waals surface area contributed by atoms with Gasteiger partial charge in [-0.1, -0.05) is 13.3 Å². The molecule has 6 nitrogen and oxygen atoms in total. The Balaban J connectivity index is 1.69. The molecule has 1 aliphatic heterocycles. The van der Waals surface area contributed by atoms with Crippen LogP contribution < -0.4 is 10.0 Å². The van der Waals surface area contributed by atoms with Crippen molar-refractivity contribution in [3.8, 4) is 0 Å². The van der Waals surface area contributed by atoms with Gasteiger partial charge in [0.05, 0.1) is 5.56 Å². The predicted molar refractivity (Wildman–Crippen MR) is 95.0 cm³/mol. The second-order valence-corrected chi connectivity index (χ2v) is 7.14. The molecule has 0 saturated carbocycles. The maximum Gasteiger partial charge on any atom is 0.252 e. The summed E-state index contributed by atoms with van der Waals surface area (Å²) in [5.74, 6) is -0.373. The molecule has 7 heteroatoms. The third-order valence-electron chi connectivity index (χ3n) is 4.36. The Hall–Kier alpha value is -2.41. The monoisotopic (exact) mass is 359 g/mol. The molecule has 1 atom stereocenters. The molecule has 0 aliphatic carbocycles. The standard InChI is InChI=1S/C18H21N3O3S/c1-2-3-15(19-17(22)13-4-9-21(24)10-5-13)18(23)20-8-6-16-14(12-20)7-11-25-16/h4-5,7,9-11,15H,2-3,6,8,12H2,1H3,(H,19,22). The van der Waals surface area contributed by atoms with E-state index in [2.05, 4.69) is 16.8 Å². The molecule has 2 amide bonds. The molecule has 0 radical (unpaired) electrons. The Morgan fingerprint density at radius 3 is 2.84 bits per heavy atom. The second-order valence-electron chi connectivity index (χ2n) is 6.14. The molecule has 1 N–H and O–H groups in total. The van der Waals surface area contributed by atoms with E-state index in [1.54, 1.807) is 11.3 Å². The quantitative estimate of drug-likeness (QED) is 0.654. The number of hydrogen-bond donors (Lipinski definition) is 1. The van der Waals surface area contributed by atoms with Crippen LogP contribution in [0.5, 0.6) is 0 Å². The highest BCUT2D eigenvalue weighted by molar-refractivity contribution is 7.10. The van der Waals surface area contributed by atoms with Gasteiger partial charge in [-0.05, 0) is 29.9 Å². The smallest absolute Gasteiger partial charge is 0.252 e. The van der Waals surface area contributed by atoms with E-state index in [0.717, 1.165) is 12.8 Å². The first-order valence-corrected chi connectivity index (χ1v) is 9.30. The minimum Gasteiger partial charge on any atom is -0.619 e. The van der Waals surface area contributed by atoms with Crippen molar-refractivity contribution in [1.82, 2.24) is 10.2 Å². The summed E-state index contributed by atoms with van der Waals surface area (Å²) in [7, 11) is 0. The van der Waals surface area contributed by atoms with Crippen LogP contribution in [0.4, 0.5) is 0 Å². The van der Waals surface area contributed by atoms with E-state index in [9.17, 15) is 14.8 Å². The average Bonchev–Trinajstić information content (AvgIpc) is 3.09. The summed E-state index contributed by atoms with van der Waals surface area (Å²) in [6.45, 7) is 3.28. The highest BCUT2D eigenvalue weighted by atomic mass is 32.1. The number of carbonyl (C=O) groups excluding carboxylic acids is 2. The molecule has 1 aliphatic rings. The lowest BCUT2D eigenvalue weighted by Gasteiger charge is -2.30. The number of amides is 2. The zero-order chi connectivity index (χ0) is 17.8. The fraction of sp³-hybridized carbons (Fsp3) is 0.389. The molecule has 2 aromatic heterocycles. The number of rotatable bonds is 5. The number of fused-ring (bicyclic) bond motifs is 1. The van der Waals surface area contributed by atoms with Crippen molar-refractivity contribution in [2.45, 2.75) is 38.8 Å². The third kappa shape index (κ3) is 3.99. The second kappa shape index (κ2) is 7.65. The minimum absolute atomic E-state index is 0.0399. The SMILES string of the molecule is CCCC(NC(=O)c1cc[n+]([O-])cc1)C(=O)N1CCc2sccc2C1. The zero-order valence-electron chi connectivity index (χ0n) is 14.1. The Morgan fingerprint density at radius 2 is 2.12 bits per heavy atom. The van der Waals surface area contributed by atoms with Gasteiger partial charge in [0.2, 0.25) is 5.91 Å². The number of aromatic nitrogens is 1. The molecule has 25 heavy (non-hydrogen) atoms. The van der Waals surface area contributed by atoms with Gasteiger partial charge < -0.3 is 15.4 Å². The van der Waals surface area contributed by atoms with Gasteiger partial charge in [0, 0.05) is 30.1 Å². The first-order valence-electron chi connectivity index (χ1n) is 8.42. The summed E-state index contributed by atoms with van der Waals surface area (Å²) in [5.41, 5.74) is 1.58. The lowest BCUT2D eigenvalue weighted by Crippen LogP contribution is -2.49. The highest BCUT2D eigenvalue weighted by Gasteiger charge is 2.28. The average molecular weight is 359 g/mol. The van der Waals surface area contributed by atoms with Crippen LogP contribution >= 0.6 is 11.3 Å². The van der Waals surface area contributed by atoms with E-state index in [4.69, 9.17) is 0 Å². The van der Waals surface area contributed by atoms with Crippen LogP contribution in [-0.4, -0.2) is 29.3 Å². The van der Waals surface area contributed by atoms with E-state index in [1.165, 1.54) is 35.0 Å². The van der Waals surface area contributed by atoms with Crippen LogP contribution in [0.3, 0.4) is 0 Å². The number of carbonyl (C=O) groups is 2. The van der Waals surface area contributed by atoms with Crippen molar-refractivity contribution in [3.05, 3.63) is 57.2 Å². The summed E-state index contributed by atoms with van der Waals surface area (Å²) in [4.78, 5) is 28.5. The molecule has 0 bridgehead atoms. The normalized spacial score (nSPS) is 14.7. The van der Waals surface area contributed by atoms with Gasteiger partial charge in [-0.3, -0.25) is 9.59 Å². The van der Waals surface area contributed by atoms with Crippen LogP contribution in [0.25, 0.3) is 0 Å². The molecule has 0 aromatic carbocycles. The van der Waals surface area contributed by atoms with Gasteiger partial charge in [-0.15, -0.1) is 11.3 Å². The first-order chi connectivity index (χ1) is 12.1. The van der Waals surface area contributed by atoms with Gasteiger partial charge >= 0.3 is 0 Å². The molecular formula is C18H21N3O3S. The van der Waals surface area contributed by atoms with E-state index >= 15 is 0 Å². The van der Waals surface area contributed by atoms with Crippen molar-refractivity contribution in [1.29, 1.82) is 0 Å². The molecule has 2 aromatic rings. The number of nitrogens with one attached hydrogen (secondary N) is 1. The molecule has 1 unspecified atom stereocenters. The minimum atomic E-state index is -0.544. The van der Waals surface area contributed by atoms with Crippen molar-refractivity contribution in [2.75, 3.05) is 6.54 Å². The molecule has 0 spiro atoms. The van der Waals surface area contributed by atoms with Crippen LogP contribution in [-0.2, 0) is 17.8 Å². The Labute approximate surface area is 150 Å². The summed E-state index contributed by atoms with van der Waals surface area (Å²) in [6.07, 6.45) is 4.80. The molecular weight excluding hydrogens is 338 g/mol. The van der Waals surface area contributed by atoms with E-state index in [1.807, 2.05) is 11.8 Å². The molecule has 0 saturated heterocycles. The van der Waals surface area contributed by atoms with E-state index in [-0.39, 0.29) is 11.8 Å². The summed E-state index contributed by atoms with van der Waals surface area (Å²) < 4.78 is 0.623. The first kappa shape index (κ1) is 17.4. The van der Waals surface area contributed by atoms with Crippen molar-refractivity contribution >= 4 is 23.2 Å². The maximum absolute atomic E-state index is 12.9. The van der Waals surface area contributed by atoms with Crippen LogP contribution in [0, 0.1) is 5.21 Å². The Morgan fingerprint density at radius 1 is 1.36 bits per heavy atom. The number of pyridine rings is 1. The zero-order valence-corrected chi connectivity index (χ0v) is 14.9. The molecule has 0 fully saturated rings. The predicted octanol–water partition coefficient (Wildman–Crippen LogP) is 1.86. The van der Waals surface area contributed by atoms with Gasteiger partial charge in [0.25, 0.3) is 5.91 Å². The maximum atomic E-state index is 12.9.